The summed E-state index contributed by atoms with van der Waals surface area (Å²) >= 11 is 0. The molecule has 0 aliphatic rings. The maximum atomic E-state index is 12.5. The number of ether oxygens (including phenoxy) is 1. The Hall–Kier alpha value is -3.02. The van der Waals surface area contributed by atoms with E-state index in [1.165, 1.54) is 0 Å². The summed E-state index contributed by atoms with van der Waals surface area (Å²) < 4.78 is 8.82. The molecule has 0 bridgehead atoms. The van der Waals surface area contributed by atoms with Crippen LogP contribution in [0.15, 0.2) is 47.3 Å². The lowest BCUT2D eigenvalue weighted by Gasteiger charge is -2.08. The molecular formula is C21H25N3O3. The molecule has 27 heavy (non-hydrogen) atoms. The predicted octanol–water partition coefficient (Wildman–Crippen LogP) is 3.70. The molecule has 1 amide bonds. The second kappa shape index (κ2) is 8.12. The fourth-order valence-electron chi connectivity index (χ4n) is 3.03. The van der Waals surface area contributed by atoms with Crippen molar-refractivity contribution in [1.82, 2.24) is 9.13 Å². The van der Waals surface area contributed by atoms with Gasteiger partial charge in [-0.1, -0.05) is 19.8 Å². The van der Waals surface area contributed by atoms with Crippen molar-refractivity contribution in [1.29, 1.82) is 0 Å². The Bertz CT molecular complexity index is 1000. The predicted molar refractivity (Wildman–Crippen MR) is 108 cm³/mol. The van der Waals surface area contributed by atoms with Crippen LogP contribution in [0, 0.1) is 0 Å². The third-order valence-electron chi connectivity index (χ3n) is 4.66. The smallest absolute Gasteiger partial charge is 0.328 e. The van der Waals surface area contributed by atoms with Crippen LogP contribution in [0.4, 0.5) is 5.69 Å². The van der Waals surface area contributed by atoms with Crippen molar-refractivity contribution in [2.24, 2.45) is 14.1 Å². The largest absolute Gasteiger partial charge is 0.494 e. The maximum absolute atomic E-state index is 12.5. The molecule has 0 unspecified atom stereocenters. The van der Waals surface area contributed by atoms with Crippen LogP contribution < -0.4 is 15.7 Å². The molecular weight excluding hydrogens is 342 g/mol. The molecule has 142 valence electrons. The number of rotatable bonds is 7. The quantitative estimate of drug-likeness (QED) is 0.648. The van der Waals surface area contributed by atoms with Crippen molar-refractivity contribution in [3.63, 3.8) is 0 Å². The van der Waals surface area contributed by atoms with Crippen molar-refractivity contribution in [3.8, 4) is 5.75 Å². The van der Waals surface area contributed by atoms with Gasteiger partial charge in [0.25, 0.3) is 5.91 Å². The van der Waals surface area contributed by atoms with Crippen LogP contribution in [0.25, 0.3) is 11.0 Å². The number of imidazole rings is 1. The SMILES string of the molecule is CCCCCOc1ccc(C(=O)Nc2ccc3c(c2)n(C)c(=O)n3C)cc1. The fourth-order valence-corrected chi connectivity index (χ4v) is 3.03. The number of hydrogen-bond acceptors (Lipinski definition) is 3. The summed E-state index contributed by atoms with van der Waals surface area (Å²) in [7, 11) is 3.45. The number of unbranched alkanes of at least 4 members (excludes halogenated alkanes) is 2. The van der Waals surface area contributed by atoms with Gasteiger partial charge in [0.1, 0.15) is 5.75 Å². The van der Waals surface area contributed by atoms with Gasteiger partial charge < -0.3 is 10.1 Å². The van der Waals surface area contributed by atoms with E-state index in [4.69, 9.17) is 4.74 Å². The highest BCUT2D eigenvalue weighted by atomic mass is 16.5. The minimum Gasteiger partial charge on any atom is -0.494 e. The Morgan fingerprint density at radius 1 is 1.00 bits per heavy atom. The number of hydrogen-bond donors (Lipinski definition) is 1. The van der Waals surface area contributed by atoms with Crippen molar-refractivity contribution < 1.29 is 9.53 Å². The first kappa shape index (κ1) is 18.8. The third kappa shape index (κ3) is 4.05. The summed E-state index contributed by atoms with van der Waals surface area (Å²) in [5, 5.41) is 2.88. The van der Waals surface area contributed by atoms with Crippen LogP contribution in [-0.4, -0.2) is 21.6 Å². The zero-order chi connectivity index (χ0) is 19.4. The van der Waals surface area contributed by atoms with Crippen molar-refractivity contribution >= 4 is 22.6 Å². The van der Waals surface area contributed by atoms with Gasteiger partial charge >= 0.3 is 5.69 Å². The van der Waals surface area contributed by atoms with Gasteiger partial charge in [0.15, 0.2) is 0 Å². The minimum atomic E-state index is -0.201. The van der Waals surface area contributed by atoms with Gasteiger partial charge in [-0.25, -0.2) is 4.79 Å². The van der Waals surface area contributed by atoms with E-state index in [0.717, 1.165) is 36.0 Å². The van der Waals surface area contributed by atoms with Crippen molar-refractivity contribution in [2.75, 3.05) is 11.9 Å². The lowest BCUT2D eigenvalue weighted by atomic mass is 10.2. The molecule has 0 saturated heterocycles. The lowest BCUT2D eigenvalue weighted by molar-refractivity contribution is 0.102. The number of fused-ring (bicyclic) bond motifs is 1. The zero-order valence-corrected chi connectivity index (χ0v) is 16.0. The van der Waals surface area contributed by atoms with Crippen LogP contribution >= 0.6 is 0 Å². The molecule has 6 heteroatoms. The van der Waals surface area contributed by atoms with E-state index >= 15 is 0 Å². The fraction of sp³-hybridized carbons (Fsp3) is 0.333. The summed E-state index contributed by atoms with van der Waals surface area (Å²) in [5.41, 5.74) is 2.70. The van der Waals surface area contributed by atoms with E-state index in [1.54, 1.807) is 47.5 Å². The average Bonchev–Trinajstić information content (AvgIpc) is 2.90. The number of aromatic nitrogens is 2. The Kier molecular flexibility index (Phi) is 5.64. The van der Waals surface area contributed by atoms with Crippen LogP contribution in [0.5, 0.6) is 5.75 Å². The standard InChI is InChI=1S/C21H25N3O3/c1-4-5-6-13-27-17-10-7-15(8-11-17)20(25)22-16-9-12-18-19(14-16)24(3)21(26)23(18)2/h7-12,14H,4-6,13H2,1-3H3,(H,22,25). The minimum absolute atomic E-state index is 0.0944. The summed E-state index contributed by atoms with van der Waals surface area (Å²) in [6, 6.07) is 12.6. The number of amides is 1. The number of benzene rings is 2. The van der Waals surface area contributed by atoms with E-state index in [2.05, 4.69) is 12.2 Å². The van der Waals surface area contributed by atoms with Crippen molar-refractivity contribution in [3.05, 3.63) is 58.5 Å². The number of nitrogens with one attached hydrogen (secondary N) is 1. The highest BCUT2D eigenvalue weighted by Crippen LogP contribution is 2.19. The number of carbonyl (C=O) groups is 1. The van der Waals surface area contributed by atoms with Gasteiger partial charge in [-0.05, 0) is 48.9 Å². The Morgan fingerprint density at radius 3 is 2.41 bits per heavy atom. The van der Waals surface area contributed by atoms with Gasteiger partial charge in [0, 0.05) is 25.3 Å². The third-order valence-corrected chi connectivity index (χ3v) is 4.66. The van der Waals surface area contributed by atoms with Crippen LogP contribution in [0.1, 0.15) is 36.5 Å². The normalized spacial score (nSPS) is 10.9. The summed E-state index contributed by atoms with van der Waals surface area (Å²) in [6.07, 6.45) is 3.34. The number of carbonyl (C=O) groups excluding carboxylic acids is 1. The van der Waals surface area contributed by atoms with Gasteiger partial charge in [-0.3, -0.25) is 13.9 Å². The number of aryl methyl sites for hydroxylation is 2. The Morgan fingerprint density at radius 2 is 1.70 bits per heavy atom. The first-order valence-corrected chi connectivity index (χ1v) is 9.21. The molecule has 3 rings (SSSR count). The topological polar surface area (TPSA) is 65.3 Å². The van der Waals surface area contributed by atoms with Crippen molar-refractivity contribution in [2.45, 2.75) is 26.2 Å². The molecule has 1 aromatic heterocycles. The molecule has 0 aliphatic carbocycles. The summed E-state index contributed by atoms with van der Waals surface area (Å²) in [4.78, 5) is 24.5. The number of anilines is 1. The average molecular weight is 367 g/mol. The van der Waals surface area contributed by atoms with Gasteiger partial charge in [0.05, 0.1) is 17.6 Å². The second-order valence-electron chi connectivity index (χ2n) is 6.64. The van der Waals surface area contributed by atoms with E-state index in [-0.39, 0.29) is 11.6 Å². The highest BCUT2D eigenvalue weighted by Gasteiger charge is 2.11. The van der Waals surface area contributed by atoms with Gasteiger partial charge in [-0.2, -0.15) is 0 Å². The van der Waals surface area contributed by atoms with Gasteiger partial charge in [0.2, 0.25) is 0 Å². The van der Waals surface area contributed by atoms with E-state index < -0.39 is 0 Å². The summed E-state index contributed by atoms with van der Waals surface area (Å²) in [6.45, 7) is 2.84. The van der Waals surface area contributed by atoms with Crippen LogP contribution in [-0.2, 0) is 14.1 Å². The molecule has 0 atom stereocenters. The molecule has 0 fully saturated rings. The first-order chi connectivity index (χ1) is 13.0. The zero-order valence-electron chi connectivity index (χ0n) is 16.0. The molecule has 0 radical (unpaired) electrons. The molecule has 1 N–H and O–H groups in total. The molecule has 3 aromatic rings. The molecule has 2 aromatic carbocycles. The second-order valence-corrected chi connectivity index (χ2v) is 6.64. The Labute approximate surface area is 158 Å². The van der Waals surface area contributed by atoms with Gasteiger partial charge in [-0.15, -0.1) is 0 Å². The highest BCUT2D eigenvalue weighted by molar-refractivity contribution is 6.05. The van der Waals surface area contributed by atoms with Crippen LogP contribution in [0.2, 0.25) is 0 Å². The molecule has 0 aliphatic heterocycles. The molecule has 0 saturated carbocycles. The lowest BCUT2D eigenvalue weighted by Crippen LogP contribution is -2.19. The number of nitrogens with zero attached hydrogens (tertiary/aromatic N) is 2. The van der Waals surface area contributed by atoms with E-state index in [9.17, 15) is 9.59 Å². The summed E-state index contributed by atoms with van der Waals surface area (Å²) in [5.74, 6) is 0.566. The van der Waals surface area contributed by atoms with E-state index in [0.29, 0.717) is 17.9 Å². The first-order valence-electron chi connectivity index (χ1n) is 9.21. The van der Waals surface area contributed by atoms with E-state index in [1.807, 2.05) is 18.2 Å². The maximum Gasteiger partial charge on any atom is 0.328 e. The molecule has 0 spiro atoms. The molecule has 1 heterocycles. The monoisotopic (exact) mass is 367 g/mol. The van der Waals surface area contributed by atoms with Crippen LogP contribution in [0.3, 0.4) is 0 Å². The Balaban J connectivity index is 1.69. The molecule has 6 nitrogen and oxygen atoms in total.